The van der Waals surface area contributed by atoms with E-state index in [2.05, 4.69) is 0 Å². The molecule has 0 saturated heterocycles. The lowest BCUT2D eigenvalue weighted by molar-refractivity contribution is -0.169. The second kappa shape index (κ2) is 3.34. The summed E-state index contributed by atoms with van der Waals surface area (Å²) in [5.41, 5.74) is -1.70. The maximum absolute atomic E-state index is 11.0. The molecule has 5 nitrogen and oxygen atoms in total. The summed E-state index contributed by atoms with van der Waals surface area (Å²) >= 11 is 0. The van der Waals surface area contributed by atoms with E-state index in [0.717, 1.165) is 0 Å². The summed E-state index contributed by atoms with van der Waals surface area (Å²) in [4.78, 5) is 11.0. The van der Waals surface area contributed by atoms with E-state index >= 15 is 0 Å². The van der Waals surface area contributed by atoms with Crippen LogP contribution in [0.2, 0.25) is 0 Å². The molecule has 2 atom stereocenters. The van der Waals surface area contributed by atoms with Crippen LogP contribution in [0.5, 0.6) is 0 Å². The first-order valence-corrected chi connectivity index (χ1v) is 4.14. The highest BCUT2D eigenvalue weighted by atomic mass is 16.4. The highest BCUT2D eigenvalue weighted by Gasteiger charge is 2.46. The summed E-state index contributed by atoms with van der Waals surface area (Å²) < 4.78 is 0. The molecule has 0 aliphatic heterocycles. The van der Waals surface area contributed by atoms with E-state index in [-0.39, 0.29) is 12.8 Å². The summed E-state index contributed by atoms with van der Waals surface area (Å²) in [6.45, 7) is 1.19. The number of carbonyl (C=O) groups is 1. The monoisotopic (exact) mass is 190 g/mol. The van der Waals surface area contributed by atoms with Crippen LogP contribution >= 0.6 is 0 Å². The summed E-state index contributed by atoms with van der Waals surface area (Å²) in [7, 11) is 0. The first-order valence-electron chi connectivity index (χ1n) is 4.14. The minimum Gasteiger partial charge on any atom is -0.390 e. The molecule has 0 heterocycles. The molecule has 1 aliphatic rings. The zero-order valence-corrected chi connectivity index (χ0v) is 7.34. The Morgan fingerprint density at radius 1 is 1.23 bits per heavy atom. The molecule has 1 rings (SSSR count). The number of rotatable bonds is 1. The smallest absolute Gasteiger partial charge is 0.161 e. The highest BCUT2D eigenvalue weighted by Crippen LogP contribution is 2.29. The van der Waals surface area contributed by atoms with E-state index in [1.54, 1.807) is 0 Å². The average molecular weight is 190 g/mol. The Morgan fingerprint density at radius 2 is 1.62 bits per heavy atom. The third-order valence-corrected chi connectivity index (χ3v) is 2.54. The van der Waals surface area contributed by atoms with Crippen LogP contribution in [-0.2, 0) is 4.79 Å². The number of aliphatic hydroxyl groups is 4. The van der Waals surface area contributed by atoms with Crippen LogP contribution in [0.4, 0.5) is 0 Å². The molecule has 0 radical (unpaired) electrons. The van der Waals surface area contributed by atoms with Gasteiger partial charge < -0.3 is 20.4 Å². The number of aliphatic hydroxyl groups excluding tert-OH is 3. The van der Waals surface area contributed by atoms with Crippen molar-refractivity contribution in [3.8, 4) is 0 Å². The van der Waals surface area contributed by atoms with Gasteiger partial charge in [0.05, 0.1) is 12.2 Å². The van der Waals surface area contributed by atoms with Crippen LogP contribution in [0.1, 0.15) is 19.8 Å². The number of Topliss-reactive ketones (excluding diaryl/α,β-unsaturated/α-hetero) is 1. The topological polar surface area (TPSA) is 98.0 Å². The average Bonchev–Trinajstić information content (AvgIpc) is 2.00. The Labute approximate surface area is 75.6 Å². The Balaban J connectivity index is 2.79. The maximum atomic E-state index is 11.0. The molecule has 13 heavy (non-hydrogen) atoms. The van der Waals surface area contributed by atoms with Crippen LogP contribution in [-0.4, -0.2) is 50.1 Å². The maximum Gasteiger partial charge on any atom is 0.161 e. The van der Waals surface area contributed by atoms with Gasteiger partial charge in [-0.3, -0.25) is 4.79 Å². The second-order valence-electron chi connectivity index (χ2n) is 3.62. The molecule has 5 heteroatoms. The molecule has 0 unspecified atom stereocenters. The third kappa shape index (κ3) is 1.88. The molecular formula is C8H14O5. The van der Waals surface area contributed by atoms with Crippen molar-refractivity contribution in [3.05, 3.63) is 0 Å². The van der Waals surface area contributed by atoms with Gasteiger partial charge in [0.15, 0.2) is 5.78 Å². The van der Waals surface area contributed by atoms with Gasteiger partial charge in [0.2, 0.25) is 0 Å². The molecule has 1 aliphatic carbocycles. The fourth-order valence-electron chi connectivity index (χ4n) is 1.56. The quantitative estimate of drug-likeness (QED) is 0.390. The van der Waals surface area contributed by atoms with E-state index in [0.29, 0.717) is 0 Å². The molecule has 0 aromatic heterocycles. The Morgan fingerprint density at radius 3 is 1.92 bits per heavy atom. The van der Waals surface area contributed by atoms with Gasteiger partial charge in [0, 0.05) is 12.8 Å². The van der Waals surface area contributed by atoms with Gasteiger partial charge in [0.25, 0.3) is 0 Å². The number of hydrogen-bond donors (Lipinski definition) is 4. The van der Waals surface area contributed by atoms with Crippen LogP contribution in [0.25, 0.3) is 0 Å². The van der Waals surface area contributed by atoms with E-state index in [9.17, 15) is 20.1 Å². The SMILES string of the molecule is CC(=O)C1(O)C[C@@H](O)C(O)[C@H](O)C1. The number of ketones is 1. The standard InChI is InChI=1S/C8H14O5/c1-4(9)8(13)2-5(10)7(12)6(11)3-8/h5-7,10-13H,2-3H2,1H3/t5-,6-,7?,8?/m1/s1. The predicted octanol–water partition coefficient (Wildman–Crippen LogP) is -1.82. The molecule has 1 saturated carbocycles. The van der Waals surface area contributed by atoms with Crippen molar-refractivity contribution in [1.82, 2.24) is 0 Å². The van der Waals surface area contributed by atoms with Gasteiger partial charge in [-0.1, -0.05) is 0 Å². The lowest BCUT2D eigenvalue weighted by Gasteiger charge is -2.38. The van der Waals surface area contributed by atoms with Crippen molar-refractivity contribution in [2.75, 3.05) is 0 Å². The van der Waals surface area contributed by atoms with Gasteiger partial charge in [-0.25, -0.2) is 0 Å². The normalized spacial score (nSPS) is 46.1. The zero-order valence-electron chi connectivity index (χ0n) is 7.34. The minimum atomic E-state index is -1.70. The summed E-state index contributed by atoms with van der Waals surface area (Å²) in [5.74, 6) is -0.502. The molecule has 0 aromatic rings. The minimum absolute atomic E-state index is 0.222. The van der Waals surface area contributed by atoms with Crippen LogP contribution < -0.4 is 0 Å². The Kier molecular flexibility index (Phi) is 2.72. The van der Waals surface area contributed by atoms with Gasteiger partial charge in [-0.05, 0) is 6.92 Å². The third-order valence-electron chi connectivity index (χ3n) is 2.54. The number of hydrogen-bond acceptors (Lipinski definition) is 5. The van der Waals surface area contributed by atoms with Crippen LogP contribution in [0.15, 0.2) is 0 Å². The Hall–Kier alpha value is -0.490. The lowest BCUT2D eigenvalue weighted by atomic mass is 9.77. The molecule has 4 N–H and O–H groups in total. The molecule has 0 bridgehead atoms. The van der Waals surface area contributed by atoms with Gasteiger partial charge in [-0.15, -0.1) is 0 Å². The molecule has 0 spiro atoms. The summed E-state index contributed by atoms with van der Waals surface area (Å²) in [5, 5.41) is 37.2. The fraction of sp³-hybridized carbons (Fsp3) is 0.875. The van der Waals surface area contributed by atoms with E-state index in [1.807, 2.05) is 0 Å². The number of carbonyl (C=O) groups excluding carboxylic acids is 1. The molecular weight excluding hydrogens is 176 g/mol. The second-order valence-corrected chi connectivity index (χ2v) is 3.62. The summed E-state index contributed by atoms with van der Waals surface area (Å²) in [6, 6.07) is 0. The predicted molar refractivity (Wildman–Crippen MR) is 42.9 cm³/mol. The van der Waals surface area contributed by atoms with Crippen molar-refractivity contribution < 1.29 is 25.2 Å². The summed E-state index contributed by atoms with van der Waals surface area (Å²) in [6.07, 6.45) is -4.23. The molecule has 1 fully saturated rings. The molecule has 0 amide bonds. The van der Waals surface area contributed by atoms with Crippen molar-refractivity contribution in [1.29, 1.82) is 0 Å². The lowest BCUT2D eigenvalue weighted by Crippen LogP contribution is -2.55. The first-order chi connectivity index (χ1) is 5.87. The largest absolute Gasteiger partial charge is 0.390 e. The molecule has 76 valence electrons. The van der Waals surface area contributed by atoms with E-state index in [4.69, 9.17) is 5.11 Å². The Bertz CT molecular complexity index is 203. The molecule has 0 aromatic carbocycles. The van der Waals surface area contributed by atoms with E-state index in [1.165, 1.54) is 6.92 Å². The fourth-order valence-corrected chi connectivity index (χ4v) is 1.56. The van der Waals surface area contributed by atoms with E-state index < -0.39 is 29.7 Å². The van der Waals surface area contributed by atoms with Crippen molar-refractivity contribution in [2.45, 2.75) is 43.7 Å². The van der Waals surface area contributed by atoms with Crippen molar-refractivity contribution in [2.24, 2.45) is 0 Å². The first kappa shape index (κ1) is 10.6. The highest BCUT2D eigenvalue weighted by molar-refractivity contribution is 5.84. The van der Waals surface area contributed by atoms with Gasteiger partial charge in [0.1, 0.15) is 11.7 Å². The zero-order chi connectivity index (χ0) is 10.2. The van der Waals surface area contributed by atoms with Gasteiger partial charge in [-0.2, -0.15) is 0 Å². The van der Waals surface area contributed by atoms with Crippen LogP contribution in [0, 0.1) is 0 Å². The van der Waals surface area contributed by atoms with Gasteiger partial charge >= 0.3 is 0 Å². The van der Waals surface area contributed by atoms with Crippen molar-refractivity contribution >= 4 is 5.78 Å². The van der Waals surface area contributed by atoms with Crippen molar-refractivity contribution in [3.63, 3.8) is 0 Å². The van der Waals surface area contributed by atoms with Crippen LogP contribution in [0.3, 0.4) is 0 Å².